The maximum atomic E-state index is 10.7. The van der Waals surface area contributed by atoms with Crippen LogP contribution in [-0.4, -0.2) is 32.1 Å². The summed E-state index contributed by atoms with van der Waals surface area (Å²) in [5.74, 6) is -0.980. The zero-order valence-electron chi connectivity index (χ0n) is 8.33. The number of carbonyl (C=O) groups is 1. The van der Waals surface area contributed by atoms with Crippen molar-refractivity contribution in [1.29, 1.82) is 0 Å². The Balaban J connectivity index is 2.17. The summed E-state index contributed by atoms with van der Waals surface area (Å²) in [6, 6.07) is -0.0631. The number of hydrogen-bond acceptors (Lipinski definition) is 3. The van der Waals surface area contributed by atoms with E-state index in [1.165, 1.54) is 12.4 Å². The lowest BCUT2D eigenvalue weighted by Crippen LogP contribution is -2.27. The fourth-order valence-electron chi connectivity index (χ4n) is 2.03. The molecule has 2 atom stereocenters. The van der Waals surface area contributed by atoms with E-state index in [4.69, 9.17) is 5.11 Å². The van der Waals surface area contributed by atoms with Gasteiger partial charge in [0.1, 0.15) is 0 Å². The highest BCUT2D eigenvalue weighted by molar-refractivity contribution is 5.86. The second kappa shape index (κ2) is 4.02. The van der Waals surface area contributed by atoms with Gasteiger partial charge in [0.2, 0.25) is 0 Å². The second-order valence-corrected chi connectivity index (χ2v) is 3.93. The lowest BCUT2D eigenvalue weighted by Gasteiger charge is -2.27. The monoisotopic (exact) mass is 210 g/mol. The first-order chi connectivity index (χ1) is 7.18. The van der Waals surface area contributed by atoms with Gasteiger partial charge in [0.05, 0.1) is 23.9 Å². The summed E-state index contributed by atoms with van der Waals surface area (Å²) in [6.45, 7) is 0. The van der Waals surface area contributed by atoms with Crippen LogP contribution in [0.1, 0.15) is 42.1 Å². The Labute approximate surface area is 87.3 Å². The van der Waals surface area contributed by atoms with Crippen molar-refractivity contribution >= 4 is 5.97 Å². The van der Waals surface area contributed by atoms with Gasteiger partial charge in [0.25, 0.3) is 0 Å². The van der Waals surface area contributed by atoms with Crippen LogP contribution in [0.5, 0.6) is 0 Å². The molecule has 1 aliphatic rings. The zero-order chi connectivity index (χ0) is 10.8. The van der Waals surface area contributed by atoms with Crippen LogP contribution in [0.4, 0.5) is 0 Å². The van der Waals surface area contributed by atoms with Gasteiger partial charge in [-0.25, -0.2) is 4.79 Å². The topological polar surface area (TPSA) is 75.3 Å². The van der Waals surface area contributed by atoms with Gasteiger partial charge in [0.15, 0.2) is 0 Å². The van der Waals surface area contributed by atoms with Crippen LogP contribution in [0.15, 0.2) is 12.4 Å². The molecule has 1 fully saturated rings. The lowest BCUT2D eigenvalue weighted by molar-refractivity contribution is 0.0673. The van der Waals surface area contributed by atoms with Crippen LogP contribution in [0.3, 0.4) is 0 Å². The van der Waals surface area contributed by atoms with Gasteiger partial charge in [0, 0.05) is 6.20 Å². The van der Waals surface area contributed by atoms with E-state index in [9.17, 15) is 9.90 Å². The number of carboxylic acids is 1. The molecule has 1 aromatic heterocycles. The molecular weight excluding hydrogens is 196 g/mol. The number of aliphatic hydroxyl groups is 1. The van der Waals surface area contributed by atoms with Crippen molar-refractivity contribution < 1.29 is 15.0 Å². The largest absolute Gasteiger partial charge is 0.478 e. The highest BCUT2D eigenvalue weighted by Gasteiger charge is 2.25. The molecule has 0 amide bonds. The summed E-state index contributed by atoms with van der Waals surface area (Å²) in [5, 5.41) is 22.5. The maximum Gasteiger partial charge on any atom is 0.338 e. The third kappa shape index (κ3) is 2.02. The fourth-order valence-corrected chi connectivity index (χ4v) is 2.03. The Morgan fingerprint density at radius 2 is 2.20 bits per heavy atom. The molecule has 2 rings (SSSR count). The number of rotatable bonds is 2. The molecule has 0 bridgehead atoms. The van der Waals surface area contributed by atoms with Gasteiger partial charge >= 0.3 is 5.97 Å². The standard InChI is InChI=1S/C10H14N2O3/c13-9-4-2-1-3-8(9)12-6-7(5-11-12)10(14)15/h5-6,8-9,13H,1-4H2,(H,14,15)/t8-,9-/m1/s1. The molecule has 15 heavy (non-hydrogen) atoms. The molecule has 1 aromatic rings. The van der Waals surface area contributed by atoms with Crippen LogP contribution in [0.25, 0.3) is 0 Å². The summed E-state index contributed by atoms with van der Waals surface area (Å²) in [7, 11) is 0. The average Bonchev–Trinajstić information content (AvgIpc) is 2.67. The number of hydrogen-bond donors (Lipinski definition) is 2. The molecule has 5 heteroatoms. The molecular formula is C10H14N2O3. The Kier molecular flexibility index (Phi) is 2.73. The van der Waals surface area contributed by atoms with E-state index < -0.39 is 12.1 Å². The van der Waals surface area contributed by atoms with E-state index in [1.54, 1.807) is 4.68 Å². The highest BCUT2D eigenvalue weighted by atomic mass is 16.4. The number of aromatic carboxylic acids is 1. The number of aromatic nitrogens is 2. The molecule has 1 aliphatic carbocycles. The summed E-state index contributed by atoms with van der Waals surface area (Å²) >= 11 is 0. The molecule has 1 heterocycles. The molecule has 0 unspecified atom stereocenters. The first-order valence-corrected chi connectivity index (χ1v) is 5.14. The van der Waals surface area contributed by atoms with Crippen LogP contribution in [0.2, 0.25) is 0 Å². The summed E-state index contributed by atoms with van der Waals surface area (Å²) in [6.07, 6.45) is 6.13. The number of aliphatic hydroxyl groups excluding tert-OH is 1. The van der Waals surface area contributed by atoms with Crippen molar-refractivity contribution in [2.24, 2.45) is 0 Å². The summed E-state index contributed by atoms with van der Waals surface area (Å²) in [5.41, 5.74) is 0.174. The van der Waals surface area contributed by atoms with Gasteiger partial charge in [-0.3, -0.25) is 4.68 Å². The fraction of sp³-hybridized carbons (Fsp3) is 0.600. The maximum absolute atomic E-state index is 10.7. The predicted octanol–water partition coefficient (Wildman–Crippen LogP) is 1.06. The minimum absolute atomic E-state index is 0.0631. The quantitative estimate of drug-likeness (QED) is 0.765. The van der Waals surface area contributed by atoms with Crippen LogP contribution >= 0.6 is 0 Å². The van der Waals surface area contributed by atoms with Gasteiger partial charge in [-0.2, -0.15) is 5.10 Å². The third-order valence-electron chi connectivity index (χ3n) is 2.88. The molecule has 5 nitrogen and oxygen atoms in total. The average molecular weight is 210 g/mol. The second-order valence-electron chi connectivity index (χ2n) is 3.93. The molecule has 2 N–H and O–H groups in total. The molecule has 0 aliphatic heterocycles. The van der Waals surface area contributed by atoms with E-state index in [2.05, 4.69) is 5.10 Å². The smallest absolute Gasteiger partial charge is 0.338 e. The van der Waals surface area contributed by atoms with Crippen molar-refractivity contribution in [3.8, 4) is 0 Å². The number of nitrogens with zero attached hydrogens (tertiary/aromatic N) is 2. The molecule has 0 aromatic carbocycles. The first-order valence-electron chi connectivity index (χ1n) is 5.14. The van der Waals surface area contributed by atoms with Gasteiger partial charge < -0.3 is 10.2 Å². The Hall–Kier alpha value is -1.36. The minimum atomic E-state index is -0.980. The Morgan fingerprint density at radius 1 is 1.47 bits per heavy atom. The first kappa shape index (κ1) is 10.2. The third-order valence-corrected chi connectivity index (χ3v) is 2.88. The van der Waals surface area contributed by atoms with Gasteiger partial charge in [-0.05, 0) is 12.8 Å². The van der Waals surface area contributed by atoms with E-state index in [1.807, 2.05) is 0 Å². The van der Waals surface area contributed by atoms with Crippen LogP contribution < -0.4 is 0 Å². The van der Waals surface area contributed by atoms with Crippen molar-refractivity contribution in [2.45, 2.75) is 37.8 Å². The van der Waals surface area contributed by atoms with Crippen LogP contribution in [0, 0.1) is 0 Å². The van der Waals surface area contributed by atoms with E-state index in [-0.39, 0.29) is 11.6 Å². The summed E-state index contributed by atoms with van der Waals surface area (Å²) in [4.78, 5) is 10.7. The molecule has 1 saturated carbocycles. The molecule has 82 valence electrons. The van der Waals surface area contributed by atoms with E-state index >= 15 is 0 Å². The van der Waals surface area contributed by atoms with Crippen molar-refractivity contribution in [2.75, 3.05) is 0 Å². The molecule has 0 spiro atoms. The van der Waals surface area contributed by atoms with Crippen molar-refractivity contribution in [3.05, 3.63) is 18.0 Å². The minimum Gasteiger partial charge on any atom is -0.478 e. The zero-order valence-corrected chi connectivity index (χ0v) is 8.33. The van der Waals surface area contributed by atoms with E-state index in [0.717, 1.165) is 25.7 Å². The summed E-state index contributed by atoms with van der Waals surface area (Å²) < 4.78 is 1.58. The highest BCUT2D eigenvalue weighted by Crippen LogP contribution is 2.28. The van der Waals surface area contributed by atoms with Crippen LogP contribution in [-0.2, 0) is 0 Å². The SMILES string of the molecule is O=C(O)c1cnn([C@@H]2CCCC[C@H]2O)c1. The molecule has 0 radical (unpaired) electrons. The Morgan fingerprint density at radius 3 is 2.80 bits per heavy atom. The molecule has 0 saturated heterocycles. The Bertz CT molecular complexity index is 361. The van der Waals surface area contributed by atoms with Crippen molar-refractivity contribution in [3.63, 3.8) is 0 Å². The van der Waals surface area contributed by atoms with Gasteiger partial charge in [-0.15, -0.1) is 0 Å². The normalized spacial score (nSPS) is 26.5. The lowest BCUT2D eigenvalue weighted by atomic mass is 9.93. The van der Waals surface area contributed by atoms with Crippen molar-refractivity contribution in [1.82, 2.24) is 9.78 Å². The van der Waals surface area contributed by atoms with Gasteiger partial charge in [-0.1, -0.05) is 12.8 Å². The van der Waals surface area contributed by atoms with E-state index in [0.29, 0.717) is 0 Å². The predicted molar refractivity (Wildman–Crippen MR) is 52.7 cm³/mol. The number of carboxylic acid groups (broad SMARTS) is 1.